The molecule has 7 heteroatoms. The van der Waals surface area contributed by atoms with Crippen molar-refractivity contribution in [1.29, 1.82) is 0 Å². The number of aryl methyl sites for hydroxylation is 1. The van der Waals surface area contributed by atoms with Gasteiger partial charge in [-0.25, -0.2) is 9.67 Å². The lowest BCUT2D eigenvalue weighted by Gasteiger charge is -2.18. The van der Waals surface area contributed by atoms with Crippen molar-refractivity contribution in [3.05, 3.63) is 23.9 Å². The van der Waals surface area contributed by atoms with E-state index in [0.717, 1.165) is 5.69 Å². The van der Waals surface area contributed by atoms with Crippen LogP contribution >= 0.6 is 0 Å². The Kier molecular flexibility index (Phi) is 3.28. The molecule has 0 radical (unpaired) electrons. The summed E-state index contributed by atoms with van der Waals surface area (Å²) in [5, 5.41) is 20.5. The highest BCUT2D eigenvalue weighted by atomic mass is 16.4. The van der Waals surface area contributed by atoms with Crippen molar-refractivity contribution < 1.29 is 9.90 Å². The van der Waals surface area contributed by atoms with Gasteiger partial charge in [-0.1, -0.05) is 6.07 Å². The molecule has 0 unspecified atom stereocenters. The monoisotopic (exact) mass is 261 g/mol. The number of carboxylic acid groups (broad SMARTS) is 1. The third-order valence-corrected chi connectivity index (χ3v) is 2.77. The quantitative estimate of drug-likeness (QED) is 0.887. The first-order chi connectivity index (χ1) is 8.90. The number of pyridine rings is 1. The zero-order chi connectivity index (χ0) is 14.0. The van der Waals surface area contributed by atoms with E-state index in [0.29, 0.717) is 11.5 Å². The molecule has 0 saturated carbocycles. The Morgan fingerprint density at radius 3 is 2.79 bits per heavy atom. The van der Waals surface area contributed by atoms with Gasteiger partial charge in [-0.2, -0.15) is 0 Å². The summed E-state index contributed by atoms with van der Waals surface area (Å²) >= 11 is 0. The number of nitrogens with zero attached hydrogens (tertiary/aromatic N) is 5. The van der Waals surface area contributed by atoms with E-state index in [1.54, 1.807) is 19.9 Å². The standard InChI is InChI=1S/C12H15N5O2/c1-8-5-4-6-9(13-8)10-14-15-16-17(10)7-12(2,3)11(18)19/h4-6H,7H2,1-3H3,(H,18,19). The van der Waals surface area contributed by atoms with Crippen molar-refractivity contribution in [1.82, 2.24) is 25.2 Å². The molecule has 0 atom stereocenters. The number of rotatable bonds is 4. The fourth-order valence-corrected chi connectivity index (χ4v) is 1.60. The van der Waals surface area contributed by atoms with Crippen LogP contribution in [0.2, 0.25) is 0 Å². The smallest absolute Gasteiger partial charge is 0.310 e. The van der Waals surface area contributed by atoms with Crippen molar-refractivity contribution in [2.24, 2.45) is 5.41 Å². The van der Waals surface area contributed by atoms with Gasteiger partial charge in [0.1, 0.15) is 5.69 Å². The number of aliphatic carboxylic acids is 1. The summed E-state index contributed by atoms with van der Waals surface area (Å²) in [7, 11) is 0. The van der Waals surface area contributed by atoms with Gasteiger partial charge < -0.3 is 5.11 Å². The van der Waals surface area contributed by atoms with Crippen molar-refractivity contribution >= 4 is 5.97 Å². The summed E-state index contributed by atoms with van der Waals surface area (Å²) in [6, 6.07) is 5.53. The van der Waals surface area contributed by atoms with Crippen LogP contribution < -0.4 is 0 Å². The van der Waals surface area contributed by atoms with Crippen LogP contribution in [0.4, 0.5) is 0 Å². The van der Waals surface area contributed by atoms with Gasteiger partial charge >= 0.3 is 5.97 Å². The van der Waals surface area contributed by atoms with Crippen LogP contribution in [0.1, 0.15) is 19.5 Å². The van der Waals surface area contributed by atoms with Gasteiger partial charge in [0.25, 0.3) is 0 Å². The van der Waals surface area contributed by atoms with Gasteiger partial charge in [0, 0.05) is 5.69 Å². The summed E-state index contributed by atoms with van der Waals surface area (Å²) in [4.78, 5) is 15.5. The lowest BCUT2D eigenvalue weighted by Crippen LogP contribution is -2.30. The number of tetrazole rings is 1. The molecular formula is C12H15N5O2. The van der Waals surface area contributed by atoms with Gasteiger partial charge in [0.05, 0.1) is 12.0 Å². The Labute approximate surface area is 110 Å². The average molecular weight is 261 g/mol. The Balaban J connectivity index is 2.36. The molecule has 2 heterocycles. The summed E-state index contributed by atoms with van der Waals surface area (Å²) in [5.41, 5.74) is 0.532. The second-order valence-electron chi connectivity index (χ2n) is 5.01. The zero-order valence-corrected chi connectivity index (χ0v) is 11.0. The second-order valence-corrected chi connectivity index (χ2v) is 5.01. The molecule has 0 aromatic carbocycles. The van der Waals surface area contributed by atoms with Crippen LogP contribution in [0, 0.1) is 12.3 Å². The van der Waals surface area contributed by atoms with Gasteiger partial charge in [-0.3, -0.25) is 4.79 Å². The maximum absolute atomic E-state index is 11.2. The van der Waals surface area contributed by atoms with Crippen LogP contribution in [0.3, 0.4) is 0 Å². The average Bonchev–Trinajstić information content (AvgIpc) is 2.76. The second kappa shape index (κ2) is 4.75. The third kappa shape index (κ3) is 2.75. The van der Waals surface area contributed by atoms with E-state index in [1.807, 2.05) is 19.1 Å². The Morgan fingerprint density at radius 2 is 2.16 bits per heavy atom. The first kappa shape index (κ1) is 13.1. The molecule has 0 aliphatic rings. The van der Waals surface area contributed by atoms with Crippen molar-refractivity contribution in [2.45, 2.75) is 27.3 Å². The highest BCUT2D eigenvalue weighted by molar-refractivity contribution is 5.73. The zero-order valence-electron chi connectivity index (χ0n) is 11.0. The van der Waals surface area contributed by atoms with Gasteiger partial charge in [-0.15, -0.1) is 5.10 Å². The summed E-state index contributed by atoms with van der Waals surface area (Å²) < 4.78 is 1.47. The van der Waals surface area contributed by atoms with E-state index >= 15 is 0 Å². The molecule has 0 amide bonds. The highest BCUT2D eigenvalue weighted by Gasteiger charge is 2.29. The SMILES string of the molecule is Cc1cccc(-c2nnnn2CC(C)(C)C(=O)O)n1. The molecule has 7 nitrogen and oxygen atoms in total. The van der Waals surface area contributed by atoms with Gasteiger partial charge in [-0.05, 0) is 43.3 Å². The maximum Gasteiger partial charge on any atom is 0.310 e. The molecular weight excluding hydrogens is 246 g/mol. The van der Waals surface area contributed by atoms with Crippen LogP contribution in [0.25, 0.3) is 11.5 Å². The maximum atomic E-state index is 11.2. The van der Waals surface area contributed by atoms with Crippen molar-refractivity contribution in [2.75, 3.05) is 0 Å². The number of carbonyl (C=O) groups is 1. The summed E-state index contributed by atoms with van der Waals surface area (Å²) in [5.74, 6) is -0.427. The number of carboxylic acids is 1. The normalized spacial score (nSPS) is 11.5. The predicted molar refractivity (Wildman–Crippen MR) is 67.2 cm³/mol. The Morgan fingerprint density at radius 1 is 1.42 bits per heavy atom. The van der Waals surface area contributed by atoms with E-state index < -0.39 is 11.4 Å². The molecule has 0 saturated heterocycles. The first-order valence-electron chi connectivity index (χ1n) is 5.84. The topological polar surface area (TPSA) is 93.8 Å². The fraction of sp³-hybridized carbons (Fsp3) is 0.417. The van der Waals surface area contributed by atoms with Gasteiger partial charge in [0.2, 0.25) is 5.82 Å². The van der Waals surface area contributed by atoms with E-state index in [4.69, 9.17) is 5.11 Å². The molecule has 2 rings (SSSR count). The highest BCUT2D eigenvalue weighted by Crippen LogP contribution is 2.21. The van der Waals surface area contributed by atoms with E-state index in [1.165, 1.54) is 4.68 Å². The van der Waals surface area contributed by atoms with E-state index in [9.17, 15) is 4.79 Å². The lowest BCUT2D eigenvalue weighted by atomic mass is 9.94. The van der Waals surface area contributed by atoms with Crippen molar-refractivity contribution in [3.63, 3.8) is 0 Å². The van der Waals surface area contributed by atoms with Crippen molar-refractivity contribution in [3.8, 4) is 11.5 Å². The molecule has 2 aromatic rings. The van der Waals surface area contributed by atoms with E-state index in [2.05, 4.69) is 20.5 Å². The molecule has 0 spiro atoms. The molecule has 0 aliphatic carbocycles. The third-order valence-electron chi connectivity index (χ3n) is 2.77. The molecule has 2 aromatic heterocycles. The van der Waals surface area contributed by atoms with Crippen LogP contribution in [-0.2, 0) is 11.3 Å². The fourth-order valence-electron chi connectivity index (χ4n) is 1.60. The molecule has 1 N–H and O–H groups in total. The van der Waals surface area contributed by atoms with Gasteiger partial charge in [0.15, 0.2) is 0 Å². The largest absolute Gasteiger partial charge is 0.481 e. The molecule has 19 heavy (non-hydrogen) atoms. The lowest BCUT2D eigenvalue weighted by molar-refractivity contribution is -0.147. The Bertz CT molecular complexity index is 606. The summed E-state index contributed by atoms with van der Waals surface area (Å²) in [6.07, 6.45) is 0. The molecule has 0 fully saturated rings. The van der Waals surface area contributed by atoms with Crippen LogP contribution in [0.15, 0.2) is 18.2 Å². The number of hydrogen-bond acceptors (Lipinski definition) is 5. The molecule has 0 bridgehead atoms. The number of hydrogen-bond donors (Lipinski definition) is 1. The minimum atomic E-state index is -0.950. The molecule has 0 aliphatic heterocycles. The predicted octanol–water partition coefficient (Wildman–Crippen LogP) is 1.15. The summed E-state index contributed by atoms with van der Waals surface area (Å²) in [6.45, 7) is 5.31. The molecule has 100 valence electrons. The first-order valence-corrected chi connectivity index (χ1v) is 5.84. The van der Waals surface area contributed by atoms with E-state index in [-0.39, 0.29) is 6.54 Å². The van der Waals surface area contributed by atoms with Crippen LogP contribution in [-0.4, -0.2) is 36.3 Å². The minimum absolute atomic E-state index is 0.181. The number of aromatic nitrogens is 5. The van der Waals surface area contributed by atoms with Crippen LogP contribution in [0.5, 0.6) is 0 Å². The Hall–Kier alpha value is -2.31. The minimum Gasteiger partial charge on any atom is -0.481 e.